The van der Waals surface area contributed by atoms with E-state index in [0.29, 0.717) is 21.4 Å². The van der Waals surface area contributed by atoms with Crippen LogP contribution in [0.2, 0.25) is 0 Å². The minimum absolute atomic E-state index is 0.0241. The van der Waals surface area contributed by atoms with E-state index >= 15 is 0 Å². The number of thiazole rings is 1. The van der Waals surface area contributed by atoms with Crippen LogP contribution in [-0.4, -0.2) is 16.0 Å². The lowest BCUT2D eigenvalue weighted by molar-refractivity contribution is 0.102. The number of benzene rings is 1. The highest BCUT2D eigenvalue weighted by Crippen LogP contribution is 2.25. The Bertz CT molecular complexity index is 566. The van der Waals surface area contributed by atoms with Gasteiger partial charge < -0.3 is 16.2 Å². The van der Waals surface area contributed by atoms with Crippen molar-refractivity contribution in [3.63, 3.8) is 0 Å². The zero-order chi connectivity index (χ0) is 12.4. The van der Waals surface area contributed by atoms with Crippen LogP contribution >= 0.6 is 11.3 Å². The number of para-hydroxylation sites is 2. The molecular formula is C11H11N3O2S. The summed E-state index contributed by atoms with van der Waals surface area (Å²) in [5.74, 6) is -0.297. The molecule has 0 aliphatic rings. The summed E-state index contributed by atoms with van der Waals surface area (Å²) in [6.45, 7) is 1.71. The molecule has 0 spiro atoms. The van der Waals surface area contributed by atoms with Crippen LogP contribution in [0.4, 0.5) is 10.8 Å². The normalized spacial score (nSPS) is 10.2. The van der Waals surface area contributed by atoms with Gasteiger partial charge in [-0.25, -0.2) is 4.98 Å². The maximum Gasteiger partial charge on any atom is 0.267 e. The maximum absolute atomic E-state index is 11.9. The maximum atomic E-state index is 11.9. The highest BCUT2D eigenvalue weighted by molar-refractivity contribution is 7.17. The van der Waals surface area contributed by atoms with E-state index in [0.717, 1.165) is 11.3 Å². The standard InChI is InChI=1S/C11H11N3O2S/c1-6-9(17-11(12)13-6)10(16)14-7-4-2-3-5-8(7)15/h2-5,15H,1H3,(H2,12,13)(H,14,16). The predicted molar refractivity (Wildman–Crippen MR) is 67.3 cm³/mol. The predicted octanol–water partition coefficient (Wildman–Crippen LogP) is 1.99. The Balaban J connectivity index is 2.23. The number of nitrogens with zero attached hydrogens (tertiary/aromatic N) is 1. The van der Waals surface area contributed by atoms with Crippen LogP contribution in [0.3, 0.4) is 0 Å². The molecule has 0 bridgehead atoms. The number of carbonyl (C=O) groups is 1. The molecular weight excluding hydrogens is 238 g/mol. The van der Waals surface area contributed by atoms with E-state index in [-0.39, 0.29) is 11.7 Å². The quantitative estimate of drug-likeness (QED) is 0.710. The number of hydrogen-bond donors (Lipinski definition) is 3. The fraction of sp³-hybridized carbons (Fsp3) is 0.0909. The van der Waals surface area contributed by atoms with Crippen LogP contribution in [0.25, 0.3) is 0 Å². The fourth-order valence-electron chi connectivity index (χ4n) is 1.39. The van der Waals surface area contributed by atoms with Gasteiger partial charge in [0.2, 0.25) is 0 Å². The first-order valence-electron chi connectivity index (χ1n) is 4.90. The van der Waals surface area contributed by atoms with E-state index in [9.17, 15) is 9.90 Å². The summed E-state index contributed by atoms with van der Waals surface area (Å²) in [4.78, 5) is 16.3. The van der Waals surface area contributed by atoms with Gasteiger partial charge in [-0.3, -0.25) is 4.79 Å². The van der Waals surface area contributed by atoms with E-state index in [4.69, 9.17) is 5.73 Å². The zero-order valence-corrected chi connectivity index (χ0v) is 9.91. The number of aryl methyl sites for hydroxylation is 1. The van der Waals surface area contributed by atoms with Gasteiger partial charge >= 0.3 is 0 Å². The van der Waals surface area contributed by atoms with E-state index < -0.39 is 0 Å². The summed E-state index contributed by atoms with van der Waals surface area (Å²) in [5.41, 5.74) is 6.47. The van der Waals surface area contributed by atoms with Gasteiger partial charge in [0.1, 0.15) is 10.6 Å². The van der Waals surface area contributed by atoms with E-state index in [2.05, 4.69) is 10.3 Å². The molecule has 0 aliphatic carbocycles. The van der Waals surface area contributed by atoms with Gasteiger partial charge in [-0.1, -0.05) is 23.5 Å². The fourth-order valence-corrected chi connectivity index (χ4v) is 2.12. The van der Waals surface area contributed by atoms with Crippen LogP contribution in [-0.2, 0) is 0 Å². The van der Waals surface area contributed by atoms with E-state index in [1.165, 1.54) is 6.07 Å². The Morgan fingerprint density at radius 2 is 2.18 bits per heavy atom. The Kier molecular flexibility index (Phi) is 2.97. The number of nitrogens with one attached hydrogen (secondary N) is 1. The molecule has 4 N–H and O–H groups in total. The van der Waals surface area contributed by atoms with Crippen molar-refractivity contribution in [3.8, 4) is 5.75 Å². The smallest absolute Gasteiger partial charge is 0.267 e. The van der Waals surface area contributed by atoms with Gasteiger partial charge in [0.15, 0.2) is 5.13 Å². The summed E-state index contributed by atoms with van der Waals surface area (Å²) in [6, 6.07) is 6.53. The Morgan fingerprint density at radius 1 is 1.47 bits per heavy atom. The molecule has 2 aromatic rings. The third-order valence-electron chi connectivity index (χ3n) is 2.17. The van der Waals surface area contributed by atoms with Gasteiger partial charge in [-0.05, 0) is 19.1 Å². The molecule has 2 rings (SSSR count). The number of nitrogen functional groups attached to an aromatic ring is 1. The van der Waals surface area contributed by atoms with Crippen molar-refractivity contribution in [3.05, 3.63) is 34.8 Å². The molecule has 0 aliphatic heterocycles. The van der Waals surface area contributed by atoms with Crippen molar-refractivity contribution in [1.29, 1.82) is 0 Å². The number of hydrogen-bond acceptors (Lipinski definition) is 5. The molecule has 0 saturated heterocycles. The number of aromatic nitrogens is 1. The number of phenols is 1. The second-order valence-electron chi connectivity index (χ2n) is 3.44. The first-order valence-corrected chi connectivity index (χ1v) is 5.72. The summed E-state index contributed by atoms with van der Waals surface area (Å²) < 4.78 is 0. The topological polar surface area (TPSA) is 88.2 Å². The Hall–Kier alpha value is -2.08. The monoisotopic (exact) mass is 249 g/mol. The first-order chi connectivity index (χ1) is 8.08. The lowest BCUT2D eigenvalue weighted by atomic mass is 10.3. The SMILES string of the molecule is Cc1nc(N)sc1C(=O)Nc1ccccc1O. The molecule has 88 valence electrons. The van der Waals surface area contributed by atoms with Crippen molar-refractivity contribution in [2.45, 2.75) is 6.92 Å². The van der Waals surface area contributed by atoms with Crippen LogP contribution in [0.1, 0.15) is 15.4 Å². The summed E-state index contributed by atoms with van der Waals surface area (Å²) in [6.07, 6.45) is 0. The van der Waals surface area contributed by atoms with E-state index in [1.807, 2.05) is 0 Å². The van der Waals surface area contributed by atoms with Crippen LogP contribution in [0.5, 0.6) is 5.75 Å². The lowest BCUT2D eigenvalue weighted by Gasteiger charge is -2.05. The van der Waals surface area contributed by atoms with Crippen molar-refractivity contribution in [1.82, 2.24) is 4.98 Å². The van der Waals surface area contributed by atoms with Crippen molar-refractivity contribution in [2.24, 2.45) is 0 Å². The van der Waals surface area contributed by atoms with Gasteiger partial charge in [-0.15, -0.1) is 0 Å². The van der Waals surface area contributed by atoms with Crippen molar-refractivity contribution >= 4 is 28.1 Å². The molecule has 5 nitrogen and oxygen atoms in total. The second kappa shape index (κ2) is 4.42. The molecule has 17 heavy (non-hydrogen) atoms. The molecule has 0 saturated carbocycles. The van der Waals surface area contributed by atoms with Crippen molar-refractivity contribution in [2.75, 3.05) is 11.1 Å². The number of aromatic hydroxyl groups is 1. The molecule has 0 atom stereocenters. The van der Waals surface area contributed by atoms with Crippen LogP contribution < -0.4 is 11.1 Å². The molecule has 1 heterocycles. The summed E-state index contributed by atoms with van der Waals surface area (Å²) in [5, 5.41) is 12.5. The lowest BCUT2D eigenvalue weighted by Crippen LogP contribution is -2.11. The first kappa shape index (κ1) is 11.4. The van der Waals surface area contributed by atoms with Crippen LogP contribution in [0, 0.1) is 6.92 Å². The number of amides is 1. The molecule has 6 heteroatoms. The minimum atomic E-state index is -0.321. The van der Waals surface area contributed by atoms with Crippen molar-refractivity contribution < 1.29 is 9.90 Å². The number of nitrogens with two attached hydrogens (primary N) is 1. The third kappa shape index (κ3) is 2.36. The number of rotatable bonds is 2. The van der Waals surface area contributed by atoms with E-state index in [1.54, 1.807) is 25.1 Å². The third-order valence-corrected chi connectivity index (χ3v) is 3.16. The molecule has 1 aromatic carbocycles. The number of anilines is 2. The second-order valence-corrected chi connectivity index (χ2v) is 4.47. The Labute approximate surface area is 102 Å². The van der Waals surface area contributed by atoms with Gasteiger partial charge in [0.05, 0.1) is 11.4 Å². The molecule has 0 fully saturated rings. The number of carbonyl (C=O) groups excluding carboxylic acids is 1. The highest BCUT2D eigenvalue weighted by atomic mass is 32.1. The average molecular weight is 249 g/mol. The molecule has 1 aromatic heterocycles. The summed E-state index contributed by atoms with van der Waals surface area (Å²) >= 11 is 1.12. The van der Waals surface area contributed by atoms with Gasteiger partial charge in [-0.2, -0.15) is 0 Å². The molecule has 0 radical (unpaired) electrons. The largest absolute Gasteiger partial charge is 0.506 e. The summed E-state index contributed by atoms with van der Waals surface area (Å²) in [7, 11) is 0. The molecule has 1 amide bonds. The van der Waals surface area contributed by atoms with Gasteiger partial charge in [0, 0.05) is 0 Å². The van der Waals surface area contributed by atoms with Crippen LogP contribution in [0.15, 0.2) is 24.3 Å². The zero-order valence-electron chi connectivity index (χ0n) is 9.10. The number of phenolic OH excluding ortho intramolecular Hbond substituents is 1. The van der Waals surface area contributed by atoms with Gasteiger partial charge in [0.25, 0.3) is 5.91 Å². The highest BCUT2D eigenvalue weighted by Gasteiger charge is 2.15. The minimum Gasteiger partial charge on any atom is -0.506 e. The average Bonchev–Trinajstić information content (AvgIpc) is 2.61. The molecule has 0 unspecified atom stereocenters. The Morgan fingerprint density at radius 3 is 2.76 bits per heavy atom.